The number of rotatable bonds is 8. The van der Waals surface area contributed by atoms with E-state index in [1.807, 2.05) is 24.3 Å². The first-order valence-corrected chi connectivity index (χ1v) is 10.4. The van der Waals surface area contributed by atoms with E-state index >= 15 is 0 Å². The Morgan fingerprint density at radius 3 is 2.39 bits per heavy atom. The highest BCUT2D eigenvalue weighted by Gasteiger charge is 2.30. The van der Waals surface area contributed by atoms with Gasteiger partial charge in [-0.05, 0) is 42.7 Å². The molecule has 0 unspecified atom stereocenters. The van der Waals surface area contributed by atoms with Crippen LogP contribution >= 0.6 is 0 Å². The second-order valence-electron chi connectivity index (χ2n) is 7.91. The Labute approximate surface area is 167 Å². The summed E-state index contributed by atoms with van der Waals surface area (Å²) in [5.41, 5.74) is 2.05. The van der Waals surface area contributed by atoms with Crippen LogP contribution in [0.4, 0.5) is 0 Å². The van der Waals surface area contributed by atoms with Crippen LogP contribution in [0.2, 0.25) is 0 Å². The molecule has 1 amide bonds. The van der Waals surface area contributed by atoms with Crippen molar-refractivity contribution in [1.82, 2.24) is 5.32 Å². The summed E-state index contributed by atoms with van der Waals surface area (Å²) < 4.78 is 0. The summed E-state index contributed by atoms with van der Waals surface area (Å²) in [6.07, 6.45) is 5.24. The minimum atomic E-state index is -0.910. The number of aryl methyl sites for hydroxylation is 1. The van der Waals surface area contributed by atoms with Crippen molar-refractivity contribution in [2.45, 2.75) is 50.7 Å². The van der Waals surface area contributed by atoms with Crippen molar-refractivity contribution >= 4 is 5.91 Å². The topological polar surface area (TPSA) is 69.6 Å². The molecule has 1 fully saturated rings. The highest BCUT2D eigenvalue weighted by molar-refractivity contribution is 5.79. The molecule has 0 radical (unpaired) electrons. The molecule has 0 saturated heterocycles. The monoisotopic (exact) mass is 381 g/mol. The van der Waals surface area contributed by atoms with Gasteiger partial charge in [-0.3, -0.25) is 4.79 Å². The van der Waals surface area contributed by atoms with Gasteiger partial charge in [0.05, 0.1) is 12.6 Å². The smallest absolute Gasteiger partial charge is 0.223 e. The fraction of sp³-hybridized carbons (Fsp3) is 0.458. The number of amides is 1. The number of aliphatic hydroxyl groups excluding tert-OH is 2. The van der Waals surface area contributed by atoms with Gasteiger partial charge in [-0.2, -0.15) is 0 Å². The van der Waals surface area contributed by atoms with Gasteiger partial charge in [-0.25, -0.2) is 0 Å². The Kier molecular flexibility index (Phi) is 7.63. The first-order valence-electron chi connectivity index (χ1n) is 10.4. The third kappa shape index (κ3) is 5.66. The number of hydrogen-bond acceptors (Lipinski definition) is 3. The maximum Gasteiger partial charge on any atom is 0.223 e. The summed E-state index contributed by atoms with van der Waals surface area (Å²) >= 11 is 0. The number of hydrogen-bond donors (Lipinski definition) is 3. The van der Waals surface area contributed by atoms with Gasteiger partial charge in [-0.1, -0.05) is 73.5 Å². The van der Waals surface area contributed by atoms with Crippen molar-refractivity contribution in [2.24, 2.45) is 11.8 Å². The predicted octanol–water partition coefficient (Wildman–Crippen LogP) is 3.64. The summed E-state index contributed by atoms with van der Waals surface area (Å²) in [5, 5.41) is 23.1. The van der Waals surface area contributed by atoms with Crippen LogP contribution in [0.1, 0.15) is 49.3 Å². The Morgan fingerprint density at radius 1 is 1.04 bits per heavy atom. The molecule has 1 aliphatic carbocycles. The standard InChI is InChI=1S/C24H31NO3/c26-17-22(23(27)20-11-5-2-6-12-20)25-24(28)21-13-7-10-19(16-21)15-14-18-8-3-1-4-9-18/h1-6,8-9,11-12,19,21-23,26-27H,7,10,13-17H2,(H,25,28)/t19-,21-,22+,23+/m0/s1. The molecule has 0 bridgehead atoms. The molecular formula is C24H31NO3. The van der Waals surface area contributed by atoms with E-state index < -0.39 is 12.1 Å². The SMILES string of the molecule is O=C(N[C@H](CO)[C@H](O)c1ccccc1)[C@H]1CCC[C@@H](CCc2ccccc2)C1. The Balaban J connectivity index is 1.52. The van der Waals surface area contributed by atoms with E-state index in [4.69, 9.17) is 0 Å². The van der Waals surface area contributed by atoms with Crippen LogP contribution in [0.25, 0.3) is 0 Å². The van der Waals surface area contributed by atoms with Gasteiger partial charge < -0.3 is 15.5 Å². The van der Waals surface area contributed by atoms with E-state index in [0.717, 1.165) is 32.1 Å². The zero-order valence-electron chi connectivity index (χ0n) is 16.3. The first-order chi connectivity index (χ1) is 13.7. The molecule has 3 N–H and O–H groups in total. The molecule has 4 atom stereocenters. The minimum absolute atomic E-state index is 0.0356. The van der Waals surface area contributed by atoms with Gasteiger partial charge in [0.1, 0.15) is 6.10 Å². The zero-order valence-corrected chi connectivity index (χ0v) is 16.3. The average molecular weight is 382 g/mol. The summed E-state index contributed by atoms with van der Waals surface area (Å²) in [6.45, 7) is -0.286. The second kappa shape index (κ2) is 10.4. The molecule has 4 nitrogen and oxygen atoms in total. The van der Waals surface area contributed by atoms with Crippen LogP contribution in [-0.2, 0) is 11.2 Å². The lowest BCUT2D eigenvalue weighted by molar-refractivity contribution is -0.128. The summed E-state index contributed by atoms with van der Waals surface area (Å²) in [6, 6.07) is 19.0. The second-order valence-corrected chi connectivity index (χ2v) is 7.91. The first kappa shape index (κ1) is 20.6. The van der Waals surface area contributed by atoms with Gasteiger partial charge in [0.15, 0.2) is 0 Å². The lowest BCUT2D eigenvalue weighted by Crippen LogP contribution is -2.45. The van der Waals surface area contributed by atoms with Crippen molar-refractivity contribution in [2.75, 3.05) is 6.61 Å². The molecule has 28 heavy (non-hydrogen) atoms. The quantitative estimate of drug-likeness (QED) is 0.654. The summed E-state index contributed by atoms with van der Waals surface area (Å²) in [7, 11) is 0. The molecule has 1 saturated carbocycles. The number of aliphatic hydroxyl groups is 2. The molecule has 0 aromatic heterocycles. The number of nitrogens with one attached hydrogen (secondary N) is 1. The van der Waals surface area contributed by atoms with Crippen LogP contribution < -0.4 is 5.32 Å². The van der Waals surface area contributed by atoms with Gasteiger partial charge >= 0.3 is 0 Å². The van der Waals surface area contributed by atoms with Gasteiger partial charge in [-0.15, -0.1) is 0 Å². The van der Waals surface area contributed by atoms with E-state index in [2.05, 4.69) is 29.6 Å². The predicted molar refractivity (Wildman–Crippen MR) is 111 cm³/mol. The van der Waals surface area contributed by atoms with Crippen LogP contribution in [0.15, 0.2) is 60.7 Å². The molecule has 2 aromatic carbocycles. The Morgan fingerprint density at radius 2 is 1.71 bits per heavy atom. The van der Waals surface area contributed by atoms with E-state index in [9.17, 15) is 15.0 Å². The highest BCUT2D eigenvalue weighted by atomic mass is 16.3. The van der Waals surface area contributed by atoms with Crippen molar-refractivity contribution in [3.63, 3.8) is 0 Å². The average Bonchev–Trinajstić information content (AvgIpc) is 2.77. The maximum absolute atomic E-state index is 12.8. The Hall–Kier alpha value is -2.17. The molecule has 1 aliphatic rings. The van der Waals surface area contributed by atoms with Crippen molar-refractivity contribution < 1.29 is 15.0 Å². The van der Waals surface area contributed by atoms with E-state index in [1.54, 1.807) is 12.1 Å². The molecule has 3 rings (SSSR count). The fourth-order valence-corrected chi connectivity index (χ4v) is 4.21. The number of carbonyl (C=O) groups excluding carboxylic acids is 1. The van der Waals surface area contributed by atoms with Gasteiger partial charge in [0.2, 0.25) is 5.91 Å². The third-order valence-corrected chi connectivity index (χ3v) is 5.88. The summed E-state index contributed by atoms with van der Waals surface area (Å²) in [4.78, 5) is 12.8. The Bertz CT molecular complexity index is 719. The lowest BCUT2D eigenvalue weighted by atomic mass is 9.78. The van der Waals surface area contributed by atoms with Gasteiger partial charge in [0, 0.05) is 5.92 Å². The zero-order chi connectivity index (χ0) is 19.8. The summed E-state index contributed by atoms with van der Waals surface area (Å²) in [5.74, 6) is 0.473. The molecule has 4 heteroatoms. The largest absolute Gasteiger partial charge is 0.394 e. The molecule has 150 valence electrons. The fourth-order valence-electron chi connectivity index (χ4n) is 4.21. The van der Waals surface area contributed by atoms with E-state index in [-0.39, 0.29) is 18.4 Å². The van der Waals surface area contributed by atoms with Crippen molar-refractivity contribution in [1.29, 1.82) is 0 Å². The highest BCUT2D eigenvalue weighted by Crippen LogP contribution is 2.32. The normalized spacial score (nSPS) is 21.6. The van der Waals surface area contributed by atoms with Crippen LogP contribution in [0.5, 0.6) is 0 Å². The minimum Gasteiger partial charge on any atom is -0.394 e. The number of benzene rings is 2. The third-order valence-electron chi connectivity index (χ3n) is 5.88. The number of carbonyl (C=O) groups is 1. The molecule has 0 heterocycles. The molecular weight excluding hydrogens is 350 g/mol. The molecule has 2 aromatic rings. The van der Waals surface area contributed by atoms with E-state index in [1.165, 1.54) is 12.0 Å². The van der Waals surface area contributed by atoms with Crippen molar-refractivity contribution in [3.05, 3.63) is 71.8 Å². The maximum atomic E-state index is 12.8. The van der Waals surface area contributed by atoms with Crippen LogP contribution in [0.3, 0.4) is 0 Å². The molecule has 0 aliphatic heterocycles. The van der Waals surface area contributed by atoms with E-state index in [0.29, 0.717) is 11.5 Å². The van der Waals surface area contributed by atoms with Crippen LogP contribution in [0, 0.1) is 11.8 Å². The van der Waals surface area contributed by atoms with Crippen LogP contribution in [-0.4, -0.2) is 28.8 Å². The van der Waals surface area contributed by atoms with Gasteiger partial charge in [0.25, 0.3) is 0 Å². The lowest BCUT2D eigenvalue weighted by Gasteiger charge is -2.30. The van der Waals surface area contributed by atoms with Crippen molar-refractivity contribution in [3.8, 4) is 0 Å². The molecule has 0 spiro atoms.